The molecule has 0 aromatic heterocycles. The highest BCUT2D eigenvalue weighted by molar-refractivity contribution is 7.89. The molecule has 32 heavy (non-hydrogen) atoms. The number of nitrogens with one attached hydrogen (secondary N) is 1. The normalized spacial score (nSPS) is 12.5. The monoisotopic (exact) mass is 475 g/mol. The van der Waals surface area contributed by atoms with Gasteiger partial charge in [-0.3, -0.25) is 4.55 Å². The molecule has 0 unspecified atom stereocenters. The molecule has 0 aliphatic heterocycles. The van der Waals surface area contributed by atoms with Crippen molar-refractivity contribution in [3.63, 3.8) is 0 Å². The van der Waals surface area contributed by atoms with Gasteiger partial charge < -0.3 is 0 Å². The molecule has 0 atom stereocenters. The van der Waals surface area contributed by atoms with Crippen LogP contribution in [-0.4, -0.2) is 27.9 Å². The van der Waals surface area contributed by atoms with Crippen LogP contribution in [0.4, 0.5) is 0 Å². The zero-order chi connectivity index (χ0) is 23.5. The minimum atomic E-state index is -4.35. The van der Waals surface area contributed by atoms with Gasteiger partial charge in [0.05, 0.1) is 4.90 Å². The highest BCUT2D eigenvalue weighted by Crippen LogP contribution is 2.36. The SMILES string of the molecule is Cc1ccc(S(=O)(=O)NCCCCc2cc(S(=O)(=O)O)c3ccc(C(C)C)ccc2-3)cc1. The van der Waals surface area contributed by atoms with Crippen molar-refractivity contribution in [1.82, 2.24) is 4.72 Å². The predicted molar refractivity (Wildman–Crippen MR) is 126 cm³/mol. The molecular formula is C24H29NO5S2. The molecule has 2 aliphatic carbocycles. The lowest BCUT2D eigenvalue weighted by Gasteiger charge is -2.07. The molecule has 0 heterocycles. The summed E-state index contributed by atoms with van der Waals surface area (Å²) in [7, 11) is -7.91. The summed E-state index contributed by atoms with van der Waals surface area (Å²) in [6.45, 7) is 6.30. The fraction of sp³-hybridized carbons (Fsp3) is 0.333. The number of sulfonamides is 1. The Morgan fingerprint density at radius 3 is 2.09 bits per heavy atom. The number of benzene rings is 1. The molecule has 0 radical (unpaired) electrons. The maximum Gasteiger partial charge on any atom is 0.295 e. The number of hydrogen-bond acceptors (Lipinski definition) is 4. The van der Waals surface area contributed by atoms with Crippen LogP contribution in [0.1, 0.15) is 49.3 Å². The molecule has 0 bridgehead atoms. The molecule has 0 saturated heterocycles. The average Bonchev–Trinajstić information content (AvgIpc) is 2.91. The molecule has 0 amide bonds. The third-order valence-corrected chi connectivity index (χ3v) is 7.90. The molecule has 0 spiro atoms. The lowest BCUT2D eigenvalue weighted by atomic mass is 10.0. The Morgan fingerprint density at radius 2 is 1.50 bits per heavy atom. The van der Waals surface area contributed by atoms with E-state index in [1.165, 1.54) is 6.07 Å². The summed E-state index contributed by atoms with van der Waals surface area (Å²) >= 11 is 0. The van der Waals surface area contributed by atoms with E-state index in [9.17, 15) is 21.4 Å². The Labute approximate surface area is 190 Å². The first-order valence-corrected chi connectivity index (χ1v) is 13.5. The Morgan fingerprint density at radius 1 is 0.875 bits per heavy atom. The summed E-state index contributed by atoms with van der Waals surface area (Å²) in [5.74, 6) is 0.283. The van der Waals surface area contributed by atoms with Crippen molar-refractivity contribution in [3.05, 3.63) is 71.3 Å². The molecule has 8 heteroatoms. The first-order chi connectivity index (χ1) is 15.0. The average molecular weight is 476 g/mol. The third kappa shape index (κ3) is 5.75. The minimum absolute atomic E-state index is 0.0894. The molecule has 0 fully saturated rings. The molecule has 1 aromatic carbocycles. The zero-order valence-corrected chi connectivity index (χ0v) is 20.1. The Balaban J connectivity index is 1.70. The molecule has 172 valence electrons. The van der Waals surface area contributed by atoms with Crippen LogP contribution >= 0.6 is 0 Å². The second-order valence-corrected chi connectivity index (χ2v) is 11.5. The van der Waals surface area contributed by atoms with Gasteiger partial charge >= 0.3 is 0 Å². The summed E-state index contributed by atoms with van der Waals surface area (Å²) in [5, 5.41) is 0. The van der Waals surface area contributed by atoms with E-state index in [1.54, 1.807) is 30.3 Å². The summed E-state index contributed by atoms with van der Waals surface area (Å²) in [5.41, 5.74) is 4.15. The molecule has 0 saturated carbocycles. The predicted octanol–water partition coefficient (Wildman–Crippen LogP) is 4.77. The van der Waals surface area contributed by atoms with Gasteiger partial charge in [-0.1, -0.05) is 55.8 Å². The highest BCUT2D eigenvalue weighted by atomic mass is 32.2. The topological polar surface area (TPSA) is 101 Å². The minimum Gasteiger partial charge on any atom is -0.282 e. The lowest BCUT2D eigenvalue weighted by Crippen LogP contribution is -2.24. The van der Waals surface area contributed by atoms with E-state index in [4.69, 9.17) is 0 Å². The second-order valence-electron chi connectivity index (χ2n) is 8.33. The first kappa shape index (κ1) is 24.4. The molecular weight excluding hydrogens is 446 g/mol. The fourth-order valence-corrected chi connectivity index (χ4v) is 5.48. The van der Waals surface area contributed by atoms with Crippen molar-refractivity contribution < 1.29 is 21.4 Å². The van der Waals surface area contributed by atoms with Gasteiger partial charge in [-0.05, 0) is 67.0 Å². The highest BCUT2D eigenvalue weighted by Gasteiger charge is 2.23. The van der Waals surface area contributed by atoms with E-state index in [0.29, 0.717) is 24.8 Å². The van der Waals surface area contributed by atoms with Crippen LogP contribution in [0.15, 0.2) is 64.4 Å². The van der Waals surface area contributed by atoms with Crippen molar-refractivity contribution in [2.75, 3.05) is 6.54 Å². The second kappa shape index (κ2) is 9.70. The van der Waals surface area contributed by atoms with Gasteiger partial charge in [-0.2, -0.15) is 8.42 Å². The smallest absolute Gasteiger partial charge is 0.282 e. The van der Waals surface area contributed by atoms with Gasteiger partial charge in [0.1, 0.15) is 4.90 Å². The lowest BCUT2D eigenvalue weighted by molar-refractivity contribution is 0.483. The number of aryl methyl sites for hydroxylation is 2. The van der Waals surface area contributed by atoms with Gasteiger partial charge in [0, 0.05) is 12.1 Å². The van der Waals surface area contributed by atoms with Gasteiger partial charge in [0.15, 0.2) is 0 Å². The summed E-state index contributed by atoms with van der Waals surface area (Å²) in [6.07, 6.45) is 1.82. The number of unbranched alkanes of at least 4 members (excludes halogenated alkanes) is 1. The van der Waals surface area contributed by atoms with Crippen LogP contribution in [0.5, 0.6) is 0 Å². The van der Waals surface area contributed by atoms with Gasteiger partial charge in [-0.15, -0.1) is 0 Å². The van der Waals surface area contributed by atoms with Crippen molar-refractivity contribution >= 4 is 20.1 Å². The Hall–Kier alpha value is -2.26. The van der Waals surface area contributed by atoms with E-state index < -0.39 is 20.1 Å². The van der Waals surface area contributed by atoms with Crippen molar-refractivity contribution in [3.8, 4) is 11.1 Å². The van der Waals surface area contributed by atoms with Crippen molar-refractivity contribution in [2.45, 2.75) is 55.7 Å². The number of hydrogen-bond donors (Lipinski definition) is 2. The first-order valence-electron chi connectivity index (χ1n) is 10.6. The van der Waals surface area contributed by atoms with E-state index in [2.05, 4.69) is 18.6 Å². The van der Waals surface area contributed by atoms with Gasteiger partial charge in [0.2, 0.25) is 10.0 Å². The quantitative estimate of drug-likeness (QED) is 0.343. The Bertz CT molecular complexity index is 1260. The van der Waals surface area contributed by atoms with E-state index in [0.717, 1.165) is 22.3 Å². The largest absolute Gasteiger partial charge is 0.295 e. The van der Waals surface area contributed by atoms with Crippen molar-refractivity contribution in [2.24, 2.45) is 0 Å². The van der Waals surface area contributed by atoms with Crippen LogP contribution in [0, 0.1) is 6.92 Å². The third-order valence-electron chi connectivity index (χ3n) is 5.53. The number of fused-ring (bicyclic) bond motifs is 1. The maximum atomic E-state index is 12.4. The van der Waals surface area contributed by atoms with Gasteiger partial charge in [0.25, 0.3) is 10.1 Å². The summed E-state index contributed by atoms with van der Waals surface area (Å²) in [6, 6.07) is 15.7. The van der Waals surface area contributed by atoms with Crippen molar-refractivity contribution in [1.29, 1.82) is 0 Å². The van der Waals surface area contributed by atoms with Crippen LogP contribution in [0.25, 0.3) is 11.1 Å². The van der Waals surface area contributed by atoms with Crippen LogP contribution in [0.2, 0.25) is 0 Å². The van der Waals surface area contributed by atoms with E-state index in [-0.39, 0.29) is 22.3 Å². The fourth-order valence-electron chi connectivity index (χ4n) is 3.66. The Kier molecular flexibility index (Phi) is 7.39. The molecule has 2 N–H and O–H groups in total. The molecule has 3 rings (SSSR count). The summed E-state index contributed by atoms with van der Waals surface area (Å²) in [4.78, 5) is 0.143. The van der Waals surface area contributed by atoms with E-state index in [1.807, 2.05) is 25.1 Å². The molecule has 1 aromatic rings. The number of rotatable bonds is 9. The standard InChI is InChI=1S/C24H29NO5S2/c1-17(2)19-9-13-22-20(16-24(32(28,29)30)23(22)14-10-19)6-4-5-15-25-31(26,27)21-11-7-18(3)8-12-21/h7-14,16-17,25H,4-6,15H2,1-3H3,(H,28,29,30). The molecule has 2 aliphatic rings. The van der Waals surface area contributed by atoms with Crippen LogP contribution < -0.4 is 4.72 Å². The van der Waals surface area contributed by atoms with E-state index >= 15 is 0 Å². The van der Waals surface area contributed by atoms with Gasteiger partial charge in [-0.25, -0.2) is 13.1 Å². The molecule has 6 nitrogen and oxygen atoms in total. The summed E-state index contributed by atoms with van der Waals surface area (Å²) < 4.78 is 60.9. The zero-order valence-electron chi connectivity index (χ0n) is 18.5. The maximum absolute atomic E-state index is 12.4. The van der Waals surface area contributed by atoms with Crippen LogP contribution in [-0.2, 0) is 26.6 Å². The van der Waals surface area contributed by atoms with Crippen LogP contribution in [0.3, 0.4) is 0 Å².